The van der Waals surface area contributed by atoms with Crippen LogP contribution in [0, 0.1) is 0 Å². The fourth-order valence-electron chi connectivity index (χ4n) is 1.21. The van der Waals surface area contributed by atoms with E-state index in [1.807, 2.05) is 19.1 Å². The number of carbonyl (C=O) groups is 1. The van der Waals surface area contributed by atoms with E-state index in [4.69, 9.17) is 5.73 Å². The molecule has 1 rings (SSSR count). The number of nitrogens with one attached hydrogen (secondary N) is 1. The van der Waals surface area contributed by atoms with Gasteiger partial charge >= 0.3 is 0 Å². The average Bonchev–Trinajstić information content (AvgIpc) is 2.27. The molecule has 0 spiro atoms. The number of aryl methyl sites for hydroxylation is 1. The lowest BCUT2D eigenvalue weighted by Gasteiger charge is -2.10. The van der Waals surface area contributed by atoms with Crippen LogP contribution in [0.4, 0.5) is 0 Å². The Morgan fingerprint density at radius 3 is 2.80 bits per heavy atom. The largest absolute Gasteiger partial charge is 0.352 e. The van der Waals surface area contributed by atoms with Crippen LogP contribution in [0.2, 0.25) is 0 Å². The van der Waals surface area contributed by atoms with Gasteiger partial charge in [-0.3, -0.25) is 9.78 Å². The van der Waals surface area contributed by atoms with Crippen LogP contribution in [0.3, 0.4) is 0 Å². The summed E-state index contributed by atoms with van der Waals surface area (Å²) in [6, 6.07) is 3.88. The van der Waals surface area contributed by atoms with Gasteiger partial charge in [0.05, 0.1) is 0 Å². The van der Waals surface area contributed by atoms with Crippen molar-refractivity contribution in [2.75, 3.05) is 6.54 Å². The Kier molecular flexibility index (Phi) is 4.77. The molecular weight excluding hydrogens is 190 g/mol. The molecule has 1 atom stereocenters. The third-order valence-corrected chi connectivity index (χ3v) is 2.15. The SMILES string of the molecule is C[C@H](CN)NC(=O)CCc1ccncc1. The highest BCUT2D eigenvalue weighted by molar-refractivity contribution is 5.76. The number of hydrogen-bond donors (Lipinski definition) is 2. The van der Waals surface area contributed by atoms with Crippen molar-refractivity contribution in [3.8, 4) is 0 Å². The Bertz CT molecular complexity index is 300. The molecular formula is C11H17N3O. The van der Waals surface area contributed by atoms with Crippen molar-refractivity contribution in [3.05, 3.63) is 30.1 Å². The van der Waals surface area contributed by atoms with E-state index in [2.05, 4.69) is 10.3 Å². The second-order valence-corrected chi connectivity index (χ2v) is 3.56. The van der Waals surface area contributed by atoms with E-state index in [-0.39, 0.29) is 11.9 Å². The van der Waals surface area contributed by atoms with Gasteiger partial charge in [-0.05, 0) is 31.0 Å². The Labute approximate surface area is 89.9 Å². The normalized spacial score (nSPS) is 12.1. The number of nitrogens with two attached hydrogens (primary N) is 1. The molecule has 4 heteroatoms. The van der Waals surface area contributed by atoms with Crippen LogP contribution in [-0.2, 0) is 11.2 Å². The van der Waals surface area contributed by atoms with Crippen LogP contribution in [0.1, 0.15) is 18.9 Å². The van der Waals surface area contributed by atoms with Gasteiger partial charge in [-0.1, -0.05) is 0 Å². The first-order chi connectivity index (χ1) is 7.22. The summed E-state index contributed by atoms with van der Waals surface area (Å²) in [4.78, 5) is 15.3. The fourth-order valence-corrected chi connectivity index (χ4v) is 1.21. The molecule has 0 fully saturated rings. The van der Waals surface area contributed by atoms with Gasteiger partial charge < -0.3 is 11.1 Å². The highest BCUT2D eigenvalue weighted by Crippen LogP contribution is 2.00. The maximum Gasteiger partial charge on any atom is 0.220 e. The van der Waals surface area contributed by atoms with Crippen molar-refractivity contribution < 1.29 is 4.79 Å². The minimum Gasteiger partial charge on any atom is -0.352 e. The zero-order chi connectivity index (χ0) is 11.1. The molecule has 1 aromatic rings. The lowest BCUT2D eigenvalue weighted by Crippen LogP contribution is -2.37. The summed E-state index contributed by atoms with van der Waals surface area (Å²) in [6.07, 6.45) is 4.70. The summed E-state index contributed by atoms with van der Waals surface area (Å²) in [7, 11) is 0. The summed E-state index contributed by atoms with van der Waals surface area (Å²) in [5.41, 5.74) is 6.53. The van der Waals surface area contributed by atoms with Gasteiger partial charge in [0.15, 0.2) is 0 Å². The molecule has 4 nitrogen and oxygen atoms in total. The number of aromatic nitrogens is 1. The predicted octanol–water partition coefficient (Wildman–Crippen LogP) is 0.478. The van der Waals surface area contributed by atoms with Crippen molar-refractivity contribution in [2.45, 2.75) is 25.8 Å². The highest BCUT2D eigenvalue weighted by atomic mass is 16.1. The number of amides is 1. The standard InChI is InChI=1S/C11H17N3O/c1-9(8-12)14-11(15)3-2-10-4-6-13-7-5-10/h4-7,9H,2-3,8,12H2,1H3,(H,14,15)/t9-/m1/s1. The third-order valence-electron chi connectivity index (χ3n) is 2.15. The zero-order valence-electron chi connectivity index (χ0n) is 8.94. The third kappa shape index (κ3) is 4.56. The molecule has 0 unspecified atom stereocenters. The van der Waals surface area contributed by atoms with Gasteiger partial charge in [-0.15, -0.1) is 0 Å². The van der Waals surface area contributed by atoms with E-state index in [1.54, 1.807) is 12.4 Å². The van der Waals surface area contributed by atoms with Gasteiger partial charge in [-0.25, -0.2) is 0 Å². The van der Waals surface area contributed by atoms with Crippen molar-refractivity contribution in [1.29, 1.82) is 0 Å². The smallest absolute Gasteiger partial charge is 0.220 e. The lowest BCUT2D eigenvalue weighted by atomic mass is 10.1. The van der Waals surface area contributed by atoms with Gasteiger partial charge in [0.25, 0.3) is 0 Å². The molecule has 15 heavy (non-hydrogen) atoms. The first-order valence-electron chi connectivity index (χ1n) is 5.10. The van der Waals surface area contributed by atoms with Crippen LogP contribution in [0.25, 0.3) is 0 Å². The number of rotatable bonds is 5. The Balaban J connectivity index is 2.29. The van der Waals surface area contributed by atoms with Crippen molar-refractivity contribution in [1.82, 2.24) is 10.3 Å². The molecule has 0 radical (unpaired) electrons. The molecule has 0 saturated carbocycles. The molecule has 0 aliphatic heterocycles. The summed E-state index contributed by atoms with van der Waals surface area (Å²) >= 11 is 0. The minimum atomic E-state index is 0.0461. The molecule has 0 saturated heterocycles. The summed E-state index contributed by atoms with van der Waals surface area (Å²) < 4.78 is 0. The average molecular weight is 207 g/mol. The van der Waals surface area contributed by atoms with Gasteiger partial charge in [-0.2, -0.15) is 0 Å². The fraction of sp³-hybridized carbons (Fsp3) is 0.455. The number of hydrogen-bond acceptors (Lipinski definition) is 3. The Morgan fingerprint density at radius 2 is 2.20 bits per heavy atom. The number of nitrogens with zero attached hydrogens (tertiary/aromatic N) is 1. The van der Waals surface area contributed by atoms with Gasteiger partial charge in [0.1, 0.15) is 0 Å². The number of carbonyl (C=O) groups excluding carboxylic acids is 1. The second-order valence-electron chi connectivity index (χ2n) is 3.56. The quantitative estimate of drug-likeness (QED) is 0.737. The van der Waals surface area contributed by atoms with E-state index in [0.717, 1.165) is 12.0 Å². The molecule has 1 heterocycles. The van der Waals surface area contributed by atoms with Crippen molar-refractivity contribution in [3.63, 3.8) is 0 Å². The topological polar surface area (TPSA) is 68.0 Å². The first kappa shape index (κ1) is 11.7. The maximum absolute atomic E-state index is 11.4. The molecule has 0 aliphatic rings. The molecule has 82 valence electrons. The summed E-state index contributed by atoms with van der Waals surface area (Å²) in [5.74, 6) is 0.0461. The Morgan fingerprint density at radius 1 is 1.53 bits per heavy atom. The van der Waals surface area contributed by atoms with Crippen LogP contribution in [-0.4, -0.2) is 23.5 Å². The first-order valence-corrected chi connectivity index (χ1v) is 5.10. The van der Waals surface area contributed by atoms with Crippen molar-refractivity contribution in [2.24, 2.45) is 5.73 Å². The molecule has 0 aliphatic carbocycles. The maximum atomic E-state index is 11.4. The molecule has 1 amide bonds. The van der Waals surface area contributed by atoms with Crippen LogP contribution in [0.15, 0.2) is 24.5 Å². The van der Waals surface area contributed by atoms with Gasteiger partial charge in [0, 0.05) is 31.4 Å². The summed E-state index contributed by atoms with van der Waals surface area (Å²) in [6.45, 7) is 2.37. The molecule has 1 aromatic heterocycles. The van der Waals surface area contributed by atoms with E-state index < -0.39 is 0 Å². The van der Waals surface area contributed by atoms with Gasteiger partial charge in [0.2, 0.25) is 5.91 Å². The molecule has 0 aromatic carbocycles. The summed E-state index contributed by atoms with van der Waals surface area (Å²) in [5, 5.41) is 2.82. The Hall–Kier alpha value is -1.42. The lowest BCUT2D eigenvalue weighted by molar-refractivity contribution is -0.121. The van der Waals surface area contributed by atoms with Crippen molar-refractivity contribution >= 4 is 5.91 Å². The zero-order valence-corrected chi connectivity index (χ0v) is 8.94. The van der Waals surface area contributed by atoms with E-state index in [1.165, 1.54) is 0 Å². The predicted molar refractivity (Wildman–Crippen MR) is 59.2 cm³/mol. The van der Waals surface area contributed by atoms with Crippen LogP contribution in [0.5, 0.6) is 0 Å². The van der Waals surface area contributed by atoms with Crippen LogP contribution >= 0.6 is 0 Å². The van der Waals surface area contributed by atoms with Crippen LogP contribution < -0.4 is 11.1 Å². The molecule has 3 N–H and O–H groups in total. The molecule has 0 bridgehead atoms. The number of pyridine rings is 1. The van der Waals surface area contributed by atoms with E-state index in [9.17, 15) is 4.79 Å². The highest BCUT2D eigenvalue weighted by Gasteiger charge is 2.05. The minimum absolute atomic E-state index is 0.0461. The monoisotopic (exact) mass is 207 g/mol. The second kappa shape index (κ2) is 6.14. The van der Waals surface area contributed by atoms with E-state index in [0.29, 0.717) is 13.0 Å². The van der Waals surface area contributed by atoms with E-state index >= 15 is 0 Å².